The van der Waals surface area contributed by atoms with E-state index in [0.29, 0.717) is 23.8 Å². The van der Waals surface area contributed by atoms with Gasteiger partial charge in [-0.3, -0.25) is 14.3 Å². The lowest BCUT2D eigenvalue weighted by Crippen LogP contribution is -2.44. The number of nitrogens with zero attached hydrogens (tertiary/aromatic N) is 1. The first-order valence-corrected chi connectivity index (χ1v) is 8.38. The zero-order valence-corrected chi connectivity index (χ0v) is 13.9. The van der Waals surface area contributed by atoms with Crippen molar-refractivity contribution in [1.82, 2.24) is 9.55 Å². The van der Waals surface area contributed by atoms with E-state index in [0.717, 1.165) is 25.7 Å². The molecule has 0 bridgehead atoms. The van der Waals surface area contributed by atoms with Crippen LogP contribution in [-0.2, 0) is 6.42 Å². The van der Waals surface area contributed by atoms with Crippen molar-refractivity contribution in [2.24, 2.45) is 11.8 Å². The van der Waals surface area contributed by atoms with Gasteiger partial charge >= 0.3 is 5.69 Å². The lowest BCUT2D eigenvalue weighted by molar-refractivity contribution is 0.176. The molecule has 0 saturated heterocycles. The van der Waals surface area contributed by atoms with Crippen LogP contribution in [0, 0.1) is 11.8 Å². The van der Waals surface area contributed by atoms with Crippen molar-refractivity contribution in [1.29, 1.82) is 0 Å². The summed E-state index contributed by atoms with van der Waals surface area (Å²) in [4.78, 5) is 27.7. The number of H-pyrrole nitrogens is 1. The first-order valence-electron chi connectivity index (χ1n) is 8.00. The Labute approximate surface area is 130 Å². The highest BCUT2D eigenvalue weighted by Gasteiger charge is 2.31. The maximum absolute atomic E-state index is 12.7. The largest absolute Gasteiger partial charge is 0.329 e. The Morgan fingerprint density at radius 3 is 2.57 bits per heavy atom. The van der Waals surface area contributed by atoms with Crippen LogP contribution in [-0.4, -0.2) is 9.55 Å². The predicted octanol–water partition coefficient (Wildman–Crippen LogP) is 3.53. The van der Waals surface area contributed by atoms with Gasteiger partial charge in [-0.1, -0.05) is 51.6 Å². The molecule has 2 unspecified atom stereocenters. The average molecular weight is 313 g/mol. The molecule has 0 aromatic carbocycles. The molecule has 21 heavy (non-hydrogen) atoms. The highest BCUT2D eigenvalue weighted by Crippen LogP contribution is 2.37. The molecule has 5 heteroatoms. The van der Waals surface area contributed by atoms with E-state index in [1.807, 2.05) is 6.92 Å². The monoisotopic (exact) mass is 312 g/mol. The summed E-state index contributed by atoms with van der Waals surface area (Å²) in [6.07, 6.45) is 5.68. The minimum atomic E-state index is -0.359. The molecule has 1 aliphatic carbocycles. The Morgan fingerprint density at radius 2 is 1.95 bits per heavy atom. The molecule has 2 rings (SSSR count). The van der Waals surface area contributed by atoms with Gasteiger partial charge in [-0.25, -0.2) is 4.79 Å². The van der Waals surface area contributed by atoms with Gasteiger partial charge in [-0.15, -0.1) is 0 Å². The van der Waals surface area contributed by atoms with Crippen LogP contribution in [0.1, 0.15) is 64.5 Å². The van der Waals surface area contributed by atoms with Gasteiger partial charge in [0.25, 0.3) is 5.56 Å². The molecule has 1 aromatic rings. The van der Waals surface area contributed by atoms with Crippen LogP contribution < -0.4 is 11.2 Å². The number of halogens is 1. The normalized spacial score (nSPS) is 22.7. The fourth-order valence-corrected chi connectivity index (χ4v) is 3.82. The summed E-state index contributed by atoms with van der Waals surface area (Å²) in [7, 11) is 0. The van der Waals surface area contributed by atoms with Gasteiger partial charge in [0, 0.05) is 6.04 Å². The van der Waals surface area contributed by atoms with Crippen LogP contribution >= 0.6 is 11.6 Å². The summed E-state index contributed by atoms with van der Waals surface area (Å²) < 4.78 is 1.45. The maximum atomic E-state index is 12.7. The number of nitrogens with one attached hydrogen (secondary N) is 1. The van der Waals surface area contributed by atoms with Crippen molar-refractivity contribution in [2.75, 3.05) is 0 Å². The Bertz CT molecular complexity index is 603. The first-order chi connectivity index (χ1) is 9.97. The minimum Gasteiger partial charge on any atom is -0.297 e. The Morgan fingerprint density at radius 1 is 1.29 bits per heavy atom. The van der Waals surface area contributed by atoms with Crippen LogP contribution in [0.25, 0.3) is 0 Å². The van der Waals surface area contributed by atoms with Crippen molar-refractivity contribution in [3.8, 4) is 0 Å². The van der Waals surface area contributed by atoms with Gasteiger partial charge in [0.05, 0.1) is 5.56 Å². The quantitative estimate of drug-likeness (QED) is 0.865. The van der Waals surface area contributed by atoms with Crippen molar-refractivity contribution < 1.29 is 0 Å². The second-order valence-corrected chi connectivity index (χ2v) is 6.79. The molecule has 0 aliphatic heterocycles. The summed E-state index contributed by atoms with van der Waals surface area (Å²) in [6, 6.07) is 0.00266. The molecule has 118 valence electrons. The molecule has 1 N–H and O–H groups in total. The molecule has 1 aliphatic rings. The Balaban J connectivity index is 2.54. The topological polar surface area (TPSA) is 54.9 Å². The van der Waals surface area contributed by atoms with Crippen molar-refractivity contribution in [3.63, 3.8) is 0 Å². The standard InChI is InChI=1S/C16H25ClN2O2/c1-4-7-12-14(17)18-16(21)19(15(12)20)13-9-6-5-8-11(13)10(2)3/h10-11,13H,4-9H2,1-3H3,(H,18,21). The SMILES string of the molecule is CCCc1c(Cl)[nH]c(=O)n(C2CCCCC2C(C)C)c1=O. The number of rotatable bonds is 4. The van der Waals surface area contributed by atoms with E-state index in [9.17, 15) is 9.59 Å². The van der Waals surface area contributed by atoms with Gasteiger partial charge in [0.15, 0.2) is 0 Å². The third-order valence-corrected chi connectivity index (χ3v) is 4.97. The molecule has 2 atom stereocenters. The second-order valence-electron chi connectivity index (χ2n) is 6.41. The third-order valence-electron chi connectivity index (χ3n) is 4.65. The lowest BCUT2D eigenvalue weighted by Gasteiger charge is -2.35. The van der Waals surface area contributed by atoms with Crippen LogP contribution in [0.2, 0.25) is 5.15 Å². The first kappa shape index (κ1) is 16.3. The van der Waals surface area contributed by atoms with E-state index >= 15 is 0 Å². The van der Waals surface area contributed by atoms with Crippen molar-refractivity contribution >= 4 is 11.6 Å². The average Bonchev–Trinajstić information content (AvgIpc) is 2.43. The molecule has 1 fully saturated rings. The minimum absolute atomic E-state index is 0.00266. The summed E-state index contributed by atoms with van der Waals surface area (Å²) in [5, 5.41) is 0.208. The third kappa shape index (κ3) is 3.25. The van der Waals surface area contributed by atoms with Crippen molar-refractivity contribution in [3.05, 3.63) is 31.6 Å². The highest BCUT2D eigenvalue weighted by atomic mass is 35.5. The van der Waals surface area contributed by atoms with Gasteiger partial charge in [-0.05, 0) is 31.1 Å². The van der Waals surface area contributed by atoms with Crippen LogP contribution in [0.5, 0.6) is 0 Å². The molecule has 0 radical (unpaired) electrons. The molecule has 0 amide bonds. The molecule has 1 heterocycles. The molecule has 1 saturated carbocycles. The van der Waals surface area contributed by atoms with E-state index in [1.165, 1.54) is 11.0 Å². The van der Waals surface area contributed by atoms with E-state index in [-0.39, 0.29) is 22.4 Å². The van der Waals surface area contributed by atoms with Crippen molar-refractivity contribution in [2.45, 2.75) is 65.3 Å². The van der Waals surface area contributed by atoms with Gasteiger partial charge < -0.3 is 0 Å². The fraction of sp³-hybridized carbons (Fsp3) is 0.750. The Kier molecular flexibility index (Phi) is 5.31. The summed E-state index contributed by atoms with van der Waals surface area (Å²) in [5.74, 6) is 0.847. The fourth-order valence-electron chi connectivity index (χ4n) is 3.57. The number of aromatic nitrogens is 2. The molecule has 0 spiro atoms. The van der Waals surface area contributed by atoms with E-state index in [2.05, 4.69) is 18.8 Å². The van der Waals surface area contributed by atoms with Crippen LogP contribution in [0.3, 0.4) is 0 Å². The van der Waals surface area contributed by atoms with Crippen LogP contribution in [0.15, 0.2) is 9.59 Å². The zero-order chi connectivity index (χ0) is 15.6. The van der Waals surface area contributed by atoms with Gasteiger partial charge in [0.1, 0.15) is 5.15 Å². The highest BCUT2D eigenvalue weighted by molar-refractivity contribution is 6.30. The van der Waals surface area contributed by atoms with Gasteiger partial charge in [0.2, 0.25) is 0 Å². The molecular weight excluding hydrogens is 288 g/mol. The van der Waals surface area contributed by atoms with E-state index in [4.69, 9.17) is 11.6 Å². The van der Waals surface area contributed by atoms with E-state index < -0.39 is 0 Å². The maximum Gasteiger partial charge on any atom is 0.329 e. The molecule has 4 nitrogen and oxygen atoms in total. The predicted molar refractivity (Wildman–Crippen MR) is 86.2 cm³/mol. The summed E-state index contributed by atoms with van der Waals surface area (Å²) in [5.41, 5.74) is -0.00241. The molecule has 1 aromatic heterocycles. The lowest BCUT2D eigenvalue weighted by atomic mass is 9.77. The smallest absolute Gasteiger partial charge is 0.297 e. The summed E-state index contributed by atoms with van der Waals surface area (Å²) in [6.45, 7) is 6.35. The van der Waals surface area contributed by atoms with Gasteiger partial charge in [-0.2, -0.15) is 0 Å². The molecular formula is C16H25ClN2O2. The summed E-state index contributed by atoms with van der Waals surface area (Å²) >= 11 is 6.05. The number of hydrogen-bond donors (Lipinski definition) is 1. The van der Waals surface area contributed by atoms with E-state index in [1.54, 1.807) is 0 Å². The Hall–Kier alpha value is -1.03. The number of aromatic amines is 1. The second kappa shape index (κ2) is 6.82. The van der Waals surface area contributed by atoms with Crippen LogP contribution in [0.4, 0.5) is 0 Å². The zero-order valence-electron chi connectivity index (χ0n) is 13.1. The number of hydrogen-bond acceptors (Lipinski definition) is 2.